The van der Waals surface area contributed by atoms with E-state index in [0.717, 1.165) is 43.0 Å². The van der Waals surface area contributed by atoms with Crippen molar-refractivity contribution >= 4 is 5.91 Å². The normalized spacial score (nSPS) is 14.8. The Hall–Kier alpha value is -2.37. The van der Waals surface area contributed by atoms with Gasteiger partial charge in [0.15, 0.2) is 0 Å². The van der Waals surface area contributed by atoms with E-state index in [9.17, 15) is 4.79 Å². The molecule has 24 heavy (non-hydrogen) atoms. The Kier molecular flexibility index (Phi) is 4.83. The van der Waals surface area contributed by atoms with Gasteiger partial charge in [0.25, 0.3) is 5.91 Å². The van der Waals surface area contributed by atoms with Crippen LogP contribution in [0.15, 0.2) is 24.5 Å². The quantitative estimate of drug-likeness (QED) is 0.916. The van der Waals surface area contributed by atoms with Crippen LogP contribution in [0.4, 0.5) is 0 Å². The Balaban J connectivity index is 1.79. The molecule has 0 fully saturated rings. The highest BCUT2D eigenvalue weighted by molar-refractivity contribution is 5.94. The van der Waals surface area contributed by atoms with Gasteiger partial charge in [0.1, 0.15) is 17.9 Å². The molecule has 0 radical (unpaired) electrons. The molecule has 6 nitrogen and oxygen atoms in total. The topological polar surface area (TPSA) is 69.0 Å². The highest BCUT2D eigenvalue weighted by Crippen LogP contribution is 2.26. The Labute approximate surface area is 142 Å². The van der Waals surface area contributed by atoms with Crippen LogP contribution in [0.3, 0.4) is 0 Å². The van der Waals surface area contributed by atoms with Gasteiger partial charge in [0, 0.05) is 12.6 Å². The van der Waals surface area contributed by atoms with Crippen LogP contribution in [0.25, 0.3) is 0 Å². The summed E-state index contributed by atoms with van der Waals surface area (Å²) >= 11 is 0. The van der Waals surface area contributed by atoms with Crippen LogP contribution in [0.1, 0.15) is 54.5 Å². The minimum absolute atomic E-state index is 0.0861. The Morgan fingerprint density at radius 2 is 2.25 bits per heavy atom. The summed E-state index contributed by atoms with van der Waals surface area (Å²) in [6.45, 7) is 5.01. The summed E-state index contributed by atoms with van der Waals surface area (Å²) in [6.07, 6.45) is 4.28. The molecule has 0 bridgehead atoms. The second kappa shape index (κ2) is 7.03. The van der Waals surface area contributed by atoms with Gasteiger partial charge in [0.2, 0.25) is 0 Å². The molecule has 0 unspecified atom stereocenters. The van der Waals surface area contributed by atoms with Crippen molar-refractivity contribution < 1.29 is 9.53 Å². The third-order valence-electron chi connectivity index (χ3n) is 4.24. The van der Waals surface area contributed by atoms with Crippen LogP contribution in [0.2, 0.25) is 0 Å². The number of ether oxygens (including phenoxy) is 1. The van der Waals surface area contributed by atoms with Gasteiger partial charge in [0.05, 0.1) is 12.6 Å². The zero-order valence-corrected chi connectivity index (χ0v) is 14.5. The van der Waals surface area contributed by atoms with Crippen LogP contribution in [-0.4, -0.2) is 27.3 Å². The van der Waals surface area contributed by atoms with Gasteiger partial charge in [-0.1, -0.05) is 13.8 Å². The molecule has 1 amide bonds. The molecule has 1 aliphatic rings. The van der Waals surface area contributed by atoms with Crippen molar-refractivity contribution in [1.29, 1.82) is 0 Å². The monoisotopic (exact) mass is 328 g/mol. The fourth-order valence-corrected chi connectivity index (χ4v) is 3.06. The standard InChI is InChI=1S/C18H24N4O2/c1-12(2)9-15(17-19-11-20-22(17)3)21-18(23)14-6-7-16-13(10-14)5-4-8-24-16/h6-7,10-12,15H,4-5,8-9H2,1-3H3,(H,21,23)/t15-/m0/s1. The van der Waals surface area contributed by atoms with Crippen LogP contribution in [-0.2, 0) is 13.5 Å². The number of aromatic nitrogens is 3. The van der Waals surface area contributed by atoms with Gasteiger partial charge < -0.3 is 10.1 Å². The minimum atomic E-state index is -0.155. The number of carbonyl (C=O) groups excluding carboxylic acids is 1. The maximum Gasteiger partial charge on any atom is 0.251 e. The molecule has 0 saturated carbocycles. The number of rotatable bonds is 5. The lowest BCUT2D eigenvalue weighted by Gasteiger charge is -2.21. The number of nitrogens with one attached hydrogen (secondary N) is 1. The number of fused-ring (bicyclic) bond motifs is 1. The maximum atomic E-state index is 12.7. The summed E-state index contributed by atoms with van der Waals surface area (Å²) in [4.78, 5) is 17.0. The molecular weight excluding hydrogens is 304 g/mol. The molecular formula is C18H24N4O2. The molecule has 2 heterocycles. The van der Waals surface area contributed by atoms with Crippen LogP contribution in [0.5, 0.6) is 5.75 Å². The molecule has 2 aromatic rings. The van der Waals surface area contributed by atoms with Crippen molar-refractivity contribution in [2.45, 2.75) is 39.2 Å². The summed E-state index contributed by atoms with van der Waals surface area (Å²) < 4.78 is 7.33. The average molecular weight is 328 g/mol. The van der Waals surface area contributed by atoms with E-state index in [4.69, 9.17) is 4.74 Å². The Morgan fingerprint density at radius 3 is 2.96 bits per heavy atom. The molecule has 0 aliphatic carbocycles. The molecule has 0 saturated heterocycles. The van der Waals surface area contributed by atoms with Crippen molar-refractivity contribution in [2.24, 2.45) is 13.0 Å². The van der Waals surface area contributed by atoms with E-state index in [1.807, 2.05) is 25.2 Å². The zero-order chi connectivity index (χ0) is 17.1. The van der Waals surface area contributed by atoms with Crippen LogP contribution < -0.4 is 10.1 Å². The molecule has 1 aromatic heterocycles. The minimum Gasteiger partial charge on any atom is -0.493 e. The smallest absolute Gasteiger partial charge is 0.251 e. The second-order valence-corrected chi connectivity index (χ2v) is 6.67. The molecule has 0 spiro atoms. The first-order valence-electron chi connectivity index (χ1n) is 8.45. The third-order valence-corrected chi connectivity index (χ3v) is 4.24. The summed E-state index contributed by atoms with van der Waals surface area (Å²) in [6, 6.07) is 5.50. The number of amides is 1. The summed E-state index contributed by atoms with van der Waals surface area (Å²) in [5, 5.41) is 7.23. The fourth-order valence-electron chi connectivity index (χ4n) is 3.06. The lowest BCUT2D eigenvalue weighted by molar-refractivity contribution is 0.0929. The molecule has 1 N–H and O–H groups in total. The number of hydrogen-bond acceptors (Lipinski definition) is 4. The van der Waals surface area contributed by atoms with Gasteiger partial charge in [-0.3, -0.25) is 9.48 Å². The van der Waals surface area contributed by atoms with Crippen LogP contribution in [0, 0.1) is 5.92 Å². The van der Waals surface area contributed by atoms with E-state index in [0.29, 0.717) is 11.5 Å². The van der Waals surface area contributed by atoms with E-state index in [1.54, 1.807) is 4.68 Å². The van der Waals surface area contributed by atoms with E-state index in [1.165, 1.54) is 6.33 Å². The SMILES string of the molecule is CC(C)C[C@H](NC(=O)c1ccc2c(c1)CCCO2)c1ncnn1C. The molecule has 128 valence electrons. The number of benzene rings is 1. The Bertz CT molecular complexity index is 724. The highest BCUT2D eigenvalue weighted by Gasteiger charge is 2.22. The van der Waals surface area contributed by atoms with Crippen LogP contribution >= 0.6 is 0 Å². The lowest BCUT2D eigenvalue weighted by Crippen LogP contribution is -2.31. The van der Waals surface area contributed by atoms with Gasteiger partial charge >= 0.3 is 0 Å². The fraction of sp³-hybridized carbons (Fsp3) is 0.500. The number of hydrogen-bond donors (Lipinski definition) is 1. The van der Waals surface area contributed by atoms with Crippen molar-refractivity contribution in [3.05, 3.63) is 41.5 Å². The predicted molar refractivity (Wildman–Crippen MR) is 90.9 cm³/mol. The van der Waals surface area contributed by atoms with Gasteiger partial charge in [-0.15, -0.1) is 0 Å². The van der Waals surface area contributed by atoms with Gasteiger partial charge in [-0.25, -0.2) is 4.98 Å². The number of nitrogens with zero attached hydrogens (tertiary/aromatic N) is 3. The van der Waals surface area contributed by atoms with Crippen molar-refractivity contribution in [3.63, 3.8) is 0 Å². The number of aryl methyl sites for hydroxylation is 2. The Morgan fingerprint density at radius 1 is 1.42 bits per heavy atom. The second-order valence-electron chi connectivity index (χ2n) is 6.67. The van der Waals surface area contributed by atoms with E-state index in [2.05, 4.69) is 29.2 Å². The van der Waals surface area contributed by atoms with E-state index < -0.39 is 0 Å². The summed E-state index contributed by atoms with van der Waals surface area (Å²) in [5.74, 6) is 2.02. The van der Waals surface area contributed by atoms with Crippen molar-refractivity contribution in [1.82, 2.24) is 20.1 Å². The van der Waals surface area contributed by atoms with Crippen molar-refractivity contribution in [3.8, 4) is 5.75 Å². The first-order valence-corrected chi connectivity index (χ1v) is 8.45. The third kappa shape index (κ3) is 3.58. The first kappa shape index (κ1) is 16.5. The summed E-state index contributed by atoms with van der Waals surface area (Å²) in [5.41, 5.74) is 1.77. The molecule has 1 aromatic carbocycles. The molecule has 6 heteroatoms. The van der Waals surface area contributed by atoms with Gasteiger partial charge in [-0.05, 0) is 48.9 Å². The largest absolute Gasteiger partial charge is 0.493 e. The van der Waals surface area contributed by atoms with Gasteiger partial charge in [-0.2, -0.15) is 5.10 Å². The highest BCUT2D eigenvalue weighted by atomic mass is 16.5. The first-order chi connectivity index (χ1) is 11.5. The van der Waals surface area contributed by atoms with Crippen molar-refractivity contribution in [2.75, 3.05) is 6.61 Å². The van der Waals surface area contributed by atoms with E-state index >= 15 is 0 Å². The molecule has 1 atom stereocenters. The summed E-state index contributed by atoms with van der Waals surface area (Å²) in [7, 11) is 1.85. The molecule has 1 aliphatic heterocycles. The maximum absolute atomic E-state index is 12.7. The average Bonchev–Trinajstić information content (AvgIpc) is 2.99. The predicted octanol–water partition coefficient (Wildman–Crippen LogP) is 2.66. The molecule has 3 rings (SSSR count). The number of carbonyl (C=O) groups is 1. The lowest BCUT2D eigenvalue weighted by atomic mass is 10.0. The van der Waals surface area contributed by atoms with E-state index in [-0.39, 0.29) is 11.9 Å². The zero-order valence-electron chi connectivity index (χ0n) is 14.5.